The number of hydrogen-bond donors (Lipinski definition) is 3. The summed E-state index contributed by atoms with van der Waals surface area (Å²) < 4.78 is 0. The van der Waals surface area contributed by atoms with Crippen LogP contribution in [0.3, 0.4) is 0 Å². The molecule has 0 bridgehead atoms. The third-order valence-electron chi connectivity index (χ3n) is 3.79. The number of hydrogen-bond acceptors (Lipinski definition) is 6. The van der Waals surface area contributed by atoms with Crippen LogP contribution in [0.2, 0.25) is 0 Å². The van der Waals surface area contributed by atoms with Gasteiger partial charge in [-0.05, 0) is 42.3 Å². The predicted molar refractivity (Wildman–Crippen MR) is 111 cm³/mol. The number of carbonyl (C=O) groups is 1. The first kappa shape index (κ1) is 19.0. The maximum atomic E-state index is 11.8. The highest BCUT2D eigenvalue weighted by Gasteiger charge is 2.00. The lowest BCUT2D eigenvalue weighted by molar-refractivity contribution is -0.116. The lowest BCUT2D eigenvalue weighted by Crippen LogP contribution is -2.27. The van der Waals surface area contributed by atoms with Gasteiger partial charge in [0.05, 0.1) is 0 Å². The predicted octanol–water partition coefficient (Wildman–Crippen LogP) is 3.17. The van der Waals surface area contributed by atoms with Crippen LogP contribution in [0.15, 0.2) is 66.9 Å². The highest BCUT2D eigenvalue weighted by Crippen LogP contribution is 2.12. The molecule has 142 valence electrons. The van der Waals surface area contributed by atoms with Crippen LogP contribution >= 0.6 is 0 Å². The van der Waals surface area contributed by atoms with Gasteiger partial charge in [0.15, 0.2) is 5.82 Å². The lowest BCUT2D eigenvalue weighted by Gasteiger charge is -2.07. The van der Waals surface area contributed by atoms with Gasteiger partial charge in [0.2, 0.25) is 5.91 Å². The van der Waals surface area contributed by atoms with Crippen LogP contribution < -0.4 is 16.0 Å². The number of aromatic nitrogens is 3. The van der Waals surface area contributed by atoms with Crippen molar-refractivity contribution in [1.82, 2.24) is 20.5 Å². The van der Waals surface area contributed by atoms with Crippen molar-refractivity contribution in [2.24, 2.45) is 0 Å². The molecule has 3 N–H and O–H groups in total. The minimum Gasteiger partial charge on any atom is -0.367 e. The number of nitrogens with zero attached hydrogens (tertiary/aromatic N) is 3. The second kappa shape index (κ2) is 9.82. The molecule has 3 rings (SSSR count). The van der Waals surface area contributed by atoms with E-state index in [9.17, 15) is 4.79 Å². The SMILES string of the molecule is Cc1ccc(Nc2ccc(NCCNC(=O)/C=C/c3ccccc3)nn2)nc1. The Labute approximate surface area is 163 Å². The van der Waals surface area contributed by atoms with Crippen LogP contribution in [0.5, 0.6) is 0 Å². The number of rotatable bonds is 8. The molecule has 0 radical (unpaired) electrons. The van der Waals surface area contributed by atoms with Gasteiger partial charge in [-0.1, -0.05) is 36.4 Å². The van der Waals surface area contributed by atoms with Crippen molar-refractivity contribution < 1.29 is 4.79 Å². The number of benzene rings is 1. The van der Waals surface area contributed by atoms with Crippen molar-refractivity contribution in [2.45, 2.75) is 6.92 Å². The molecule has 7 nitrogen and oxygen atoms in total. The summed E-state index contributed by atoms with van der Waals surface area (Å²) in [6.07, 6.45) is 5.09. The molecular formula is C21H22N6O. The molecule has 0 aliphatic rings. The Bertz CT molecular complexity index is 908. The van der Waals surface area contributed by atoms with Gasteiger partial charge >= 0.3 is 0 Å². The van der Waals surface area contributed by atoms with E-state index in [-0.39, 0.29) is 5.91 Å². The van der Waals surface area contributed by atoms with E-state index in [0.29, 0.717) is 30.5 Å². The molecule has 7 heteroatoms. The number of aryl methyl sites for hydroxylation is 1. The summed E-state index contributed by atoms with van der Waals surface area (Å²) in [7, 11) is 0. The molecule has 0 saturated carbocycles. The van der Waals surface area contributed by atoms with Crippen molar-refractivity contribution in [3.63, 3.8) is 0 Å². The Kier molecular flexibility index (Phi) is 6.67. The average molecular weight is 374 g/mol. The molecule has 2 heterocycles. The first-order valence-electron chi connectivity index (χ1n) is 8.97. The largest absolute Gasteiger partial charge is 0.367 e. The van der Waals surface area contributed by atoms with E-state index in [1.807, 2.05) is 61.5 Å². The third kappa shape index (κ3) is 6.21. The molecule has 0 saturated heterocycles. The molecule has 1 amide bonds. The van der Waals surface area contributed by atoms with Gasteiger partial charge in [-0.25, -0.2) is 4.98 Å². The van der Waals surface area contributed by atoms with E-state index in [4.69, 9.17) is 0 Å². The maximum Gasteiger partial charge on any atom is 0.244 e. The standard InChI is InChI=1S/C21H22N6O/c1-16-7-9-18(24-15-16)25-20-11-10-19(26-27-20)22-13-14-23-21(28)12-8-17-5-3-2-4-6-17/h2-12,15H,13-14H2,1H3,(H,22,26)(H,23,28)(H,24,25,27)/b12-8+. The van der Waals surface area contributed by atoms with Crippen molar-refractivity contribution in [3.05, 3.63) is 78.0 Å². The monoisotopic (exact) mass is 374 g/mol. The molecular weight excluding hydrogens is 352 g/mol. The average Bonchev–Trinajstić information content (AvgIpc) is 2.73. The third-order valence-corrected chi connectivity index (χ3v) is 3.79. The van der Waals surface area contributed by atoms with E-state index in [2.05, 4.69) is 31.1 Å². The van der Waals surface area contributed by atoms with Crippen LogP contribution in [0.4, 0.5) is 17.5 Å². The number of nitrogens with one attached hydrogen (secondary N) is 3. The van der Waals surface area contributed by atoms with Gasteiger partial charge in [0.25, 0.3) is 0 Å². The molecule has 0 fully saturated rings. The molecule has 3 aromatic rings. The Balaban J connectivity index is 1.38. The second-order valence-electron chi connectivity index (χ2n) is 6.11. The Morgan fingerprint density at radius 1 is 0.929 bits per heavy atom. The van der Waals surface area contributed by atoms with Gasteiger partial charge in [-0.3, -0.25) is 4.79 Å². The van der Waals surface area contributed by atoms with Gasteiger partial charge in [0.1, 0.15) is 11.6 Å². The number of amides is 1. The summed E-state index contributed by atoms with van der Waals surface area (Å²) >= 11 is 0. The molecule has 0 spiro atoms. The normalized spacial score (nSPS) is 10.6. The topological polar surface area (TPSA) is 91.8 Å². The summed E-state index contributed by atoms with van der Waals surface area (Å²) in [5.74, 6) is 1.83. The number of anilines is 3. The van der Waals surface area contributed by atoms with Gasteiger partial charge in [-0.15, -0.1) is 10.2 Å². The molecule has 0 atom stereocenters. The van der Waals surface area contributed by atoms with E-state index in [0.717, 1.165) is 11.1 Å². The molecule has 0 aliphatic carbocycles. The van der Waals surface area contributed by atoms with Gasteiger partial charge in [-0.2, -0.15) is 0 Å². The Morgan fingerprint density at radius 2 is 1.68 bits per heavy atom. The molecule has 0 aliphatic heterocycles. The zero-order chi connectivity index (χ0) is 19.6. The summed E-state index contributed by atoms with van der Waals surface area (Å²) in [5, 5.41) is 17.2. The maximum absolute atomic E-state index is 11.8. The zero-order valence-corrected chi connectivity index (χ0v) is 15.6. The smallest absolute Gasteiger partial charge is 0.244 e. The molecule has 0 unspecified atom stereocenters. The van der Waals surface area contributed by atoms with Crippen LogP contribution in [0.1, 0.15) is 11.1 Å². The number of pyridine rings is 1. The van der Waals surface area contributed by atoms with Crippen LogP contribution in [0, 0.1) is 6.92 Å². The minimum absolute atomic E-state index is 0.137. The minimum atomic E-state index is -0.137. The second-order valence-corrected chi connectivity index (χ2v) is 6.11. The van der Waals surface area contributed by atoms with E-state index >= 15 is 0 Å². The van der Waals surface area contributed by atoms with Crippen LogP contribution in [0.25, 0.3) is 6.08 Å². The Hall–Kier alpha value is -3.74. The Morgan fingerprint density at radius 3 is 2.39 bits per heavy atom. The number of carbonyl (C=O) groups excluding carboxylic acids is 1. The first-order chi connectivity index (χ1) is 13.7. The van der Waals surface area contributed by atoms with E-state index < -0.39 is 0 Å². The highest BCUT2D eigenvalue weighted by atomic mass is 16.1. The molecule has 2 aromatic heterocycles. The van der Waals surface area contributed by atoms with Crippen molar-refractivity contribution in [3.8, 4) is 0 Å². The van der Waals surface area contributed by atoms with Gasteiger partial charge < -0.3 is 16.0 Å². The quantitative estimate of drug-likeness (QED) is 0.414. The van der Waals surface area contributed by atoms with Crippen molar-refractivity contribution in [2.75, 3.05) is 23.7 Å². The summed E-state index contributed by atoms with van der Waals surface area (Å²) in [6.45, 7) is 3.01. The summed E-state index contributed by atoms with van der Waals surface area (Å²) in [5.41, 5.74) is 2.08. The van der Waals surface area contributed by atoms with Crippen molar-refractivity contribution >= 4 is 29.4 Å². The molecule has 1 aromatic carbocycles. The molecule has 28 heavy (non-hydrogen) atoms. The first-order valence-corrected chi connectivity index (χ1v) is 8.97. The lowest BCUT2D eigenvalue weighted by atomic mass is 10.2. The van der Waals surface area contributed by atoms with Gasteiger partial charge in [0, 0.05) is 25.4 Å². The fourth-order valence-electron chi connectivity index (χ4n) is 2.34. The van der Waals surface area contributed by atoms with Crippen LogP contribution in [-0.2, 0) is 4.79 Å². The fraction of sp³-hybridized carbons (Fsp3) is 0.143. The fourth-order valence-corrected chi connectivity index (χ4v) is 2.34. The van der Waals surface area contributed by atoms with Crippen molar-refractivity contribution in [1.29, 1.82) is 0 Å². The zero-order valence-electron chi connectivity index (χ0n) is 15.6. The van der Waals surface area contributed by atoms with Crippen LogP contribution in [-0.4, -0.2) is 34.2 Å². The van der Waals surface area contributed by atoms with E-state index in [1.165, 1.54) is 6.08 Å². The summed E-state index contributed by atoms with van der Waals surface area (Å²) in [6, 6.07) is 17.2. The highest BCUT2D eigenvalue weighted by molar-refractivity contribution is 5.91. The summed E-state index contributed by atoms with van der Waals surface area (Å²) in [4.78, 5) is 16.1. The van der Waals surface area contributed by atoms with E-state index in [1.54, 1.807) is 12.3 Å².